The minimum absolute atomic E-state index is 0.700. The first-order valence-corrected chi connectivity index (χ1v) is 5.01. The van der Waals surface area contributed by atoms with Gasteiger partial charge in [0, 0.05) is 18.0 Å². The zero-order valence-corrected chi connectivity index (χ0v) is 7.99. The Kier molecular flexibility index (Phi) is 1.46. The summed E-state index contributed by atoms with van der Waals surface area (Å²) in [6.45, 7) is 0. The highest BCUT2D eigenvalue weighted by molar-refractivity contribution is 7.23. The van der Waals surface area contributed by atoms with Gasteiger partial charge in [-0.2, -0.15) is 0 Å². The largest absolute Gasteiger partial charge is 0.298 e. The summed E-state index contributed by atoms with van der Waals surface area (Å²) in [5.41, 5.74) is 1.75. The summed E-state index contributed by atoms with van der Waals surface area (Å²) in [6, 6.07) is 5.66. The molecule has 2 aromatic heterocycles. The molecule has 0 radical (unpaired) electrons. The van der Waals surface area contributed by atoms with Crippen molar-refractivity contribution in [2.45, 2.75) is 0 Å². The maximum Gasteiger partial charge on any atom is 0.194 e. The van der Waals surface area contributed by atoms with Crippen molar-refractivity contribution in [3.05, 3.63) is 36.2 Å². The van der Waals surface area contributed by atoms with Gasteiger partial charge in [-0.25, -0.2) is 4.98 Å². The molecule has 3 nitrogen and oxygen atoms in total. The quantitative estimate of drug-likeness (QED) is 0.568. The highest BCUT2D eigenvalue weighted by Crippen LogP contribution is 2.25. The van der Waals surface area contributed by atoms with Crippen LogP contribution in [0.5, 0.6) is 0 Å². The van der Waals surface area contributed by atoms with Gasteiger partial charge in [-0.05, 0) is 12.1 Å². The van der Waals surface area contributed by atoms with Crippen LogP contribution in [0, 0.1) is 0 Å². The molecule has 0 saturated carbocycles. The third-order valence-corrected chi connectivity index (χ3v) is 3.24. The molecule has 0 unspecified atom stereocenters. The smallest absolute Gasteiger partial charge is 0.194 e. The fourth-order valence-electron chi connectivity index (χ4n) is 1.53. The lowest BCUT2D eigenvalue weighted by molar-refractivity contribution is 0.112. The van der Waals surface area contributed by atoms with Crippen LogP contribution in [0.1, 0.15) is 10.4 Å². The lowest BCUT2D eigenvalue weighted by atomic mass is 10.2. The molecule has 3 aromatic rings. The molecule has 0 atom stereocenters. The van der Waals surface area contributed by atoms with Crippen LogP contribution in [-0.4, -0.2) is 15.7 Å². The predicted octanol–water partition coefficient (Wildman–Crippen LogP) is 2.36. The van der Waals surface area contributed by atoms with Crippen LogP contribution >= 0.6 is 11.3 Å². The number of hydrogen-bond donors (Lipinski definition) is 0. The topological polar surface area (TPSA) is 34.4 Å². The predicted molar refractivity (Wildman–Crippen MR) is 56.0 cm³/mol. The van der Waals surface area contributed by atoms with E-state index in [-0.39, 0.29) is 0 Å². The zero-order chi connectivity index (χ0) is 9.54. The van der Waals surface area contributed by atoms with Crippen molar-refractivity contribution < 1.29 is 4.79 Å². The van der Waals surface area contributed by atoms with Crippen molar-refractivity contribution in [2.24, 2.45) is 0 Å². The number of benzene rings is 1. The summed E-state index contributed by atoms with van der Waals surface area (Å²) in [5, 5.41) is 0. The fraction of sp³-hybridized carbons (Fsp3) is 0. The van der Waals surface area contributed by atoms with E-state index in [0.717, 1.165) is 21.5 Å². The standard InChI is InChI=1S/C10H6N2OS/c13-6-7-1-2-9-8(5-7)12-4-3-11-10(12)14-9/h1-6H. The number of aromatic nitrogens is 2. The van der Waals surface area contributed by atoms with Crippen LogP contribution in [0.2, 0.25) is 0 Å². The summed E-state index contributed by atoms with van der Waals surface area (Å²) < 4.78 is 3.14. The van der Waals surface area contributed by atoms with E-state index < -0.39 is 0 Å². The van der Waals surface area contributed by atoms with Gasteiger partial charge in [-0.1, -0.05) is 17.4 Å². The second-order valence-electron chi connectivity index (χ2n) is 3.03. The molecule has 68 valence electrons. The van der Waals surface area contributed by atoms with Gasteiger partial charge in [0.1, 0.15) is 6.29 Å². The van der Waals surface area contributed by atoms with Crippen LogP contribution in [0.25, 0.3) is 15.2 Å². The lowest BCUT2D eigenvalue weighted by Crippen LogP contribution is -1.81. The van der Waals surface area contributed by atoms with E-state index in [0.29, 0.717) is 5.56 Å². The molecule has 0 aliphatic heterocycles. The SMILES string of the molecule is O=Cc1ccc2sc3nccn3c2c1. The Balaban J connectivity index is 2.52. The molecular formula is C10H6N2OS. The maximum atomic E-state index is 10.6. The van der Waals surface area contributed by atoms with Crippen molar-refractivity contribution in [3.63, 3.8) is 0 Å². The Hall–Kier alpha value is -1.68. The van der Waals surface area contributed by atoms with Gasteiger partial charge in [0.2, 0.25) is 0 Å². The summed E-state index contributed by atoms with van der Waals surface area (Å²) in [5.74, 6) is 0. The molecule has 0 saturated heterocycles. The number of fused-ring (bicyclic) bond motifs is 3. The number of carbonyl (C=O) groups excluding carboxylic acids is 1. The minimum Gasteiger partial charge on any atom is -0.298 e. The van der Waals surface area contributed by atoms with Gasteiger partial charge in [0.05, 0.1) is 10.2 Å². The third kappa shape index (κ3) is 0.914. The van der Waals surface area contributed by atoms with Crippen LogP contribution in [-0.2, 0) is 0 Å². The number of hydrogen-bond acceptors (Lipinski definition) is 3. The number of rotatable bonds is 1. The van der Waals surface area contributed by atoms with Crippen molar-refractivity contribution >= 4 is 32.8 Å². The highest BCUT2D eigenvalue weighted by atomic mass is 32.1. The minimum atomic E-state index is 0.700. The molecular weight excluding hydrogens is 196 g/mol. The van der Waals surface area contributed by atoms with E-state index in [4.69, 9.17) is 0 Å². The lowest BCUT2D eigenvalue weighted by Gasteiger charge is -1.91. The third-order valence-electron chi connectivity index (χ3n) is 2.19. The summed E-state index contributed by atoms with van der Waals surface area (Å²) in [7, 11) is 0. The molecule has 2 heterocycles. The van der Waals surface area contributed by atoms with E-state index in [2.05, 4.69) is 4.98 Å². The molecule has 0 aliphatic rings. The Labute approximate surface area is 83.6 Å². The number of imidazole rings is 1. The second-order valence-corrected chi connectivity index (χ2v) is 4.04. The van der Waals surface area contributed by atoms with Crippen molar-refractivity contribution in [3.8, 4) is 0 Å². The van der Waals surface area contributed by atoms with Gasteiger partial charge in [-0.3, -0.25) is 9.20 Å². The second kappa shape index (κ2) is 2.65. The monoisotopic (exact) mass is 202 g/mol. The molecule has 0 fully saturated rings. The van der Waals surface area contributed by atoms with Crippen molar-refractivity contribution in [1.82, 2.24) is 9.38 Å². The number of nitrogens with zero attached hydrogens (tertiary/aromatic N) is 2. The first-order valence-electron chi connectivity index (χ1n) is 4.19. The Morgan fingerprint density at radius 3 is 3.21 bits per heavy atom. The number of thiazole rings is 1. The first kappa shape index (κ1) is 7.70. The van der Waals surface area contributed by atoms with E-state index in [1.165, 1.54) is 0 Å². The zero-order valence-electron chi connectivity index (χ0n) is 7.18. The highest BCUT2D eigenvalue weighted by Gasteiger charge is 2.04. The summed E-state index contributed by atoms with van der Waals surface area (Å²) >= 11 is 1.62. The van der Waals surface area contributed by atoms with E-state index in [1.54, 1.807) is 17.5 Å². The molecule has 0 bridgehead atoms. The fourth-order valence-corrected chi connectivity index (χ4v) is 2.49. The molecule has 0 amide bonds. The van der Waals surface area contributed by atoms with Crippen LogP contribution < -0.4 is 0 Å². The molecule has 3 rings (SSSR count). The summed E-state index contributed by atoms with van der Waals surface area (Å²) in [6.07, 6.45) is 4.53. The van der Waals surface area contributed by atoms with Crippen molar-refractivity contribution in [1.29, 1.82) is 0 Å². The van der Waals surface area contributed by atoms with Crippen molar-refractivity contribution in [2.75, 3.05) is 0 Å². The molecule has 14 heavy (non-hydrogen) atoms. The van der Waals surface area contributed by atoms with Gasteiger partial charge in [0.15, 0.2) is 4.96 Å². The maximum absolute atomic E-state index is 10.6. The van der Waals surface area contributed by atoms with Gasteiger partial charge < -0.3 is 0 Å². The van der Waals surface area contributed by atoms with Gasteiger partial charge in [0.25, 0.3) is 0 Å². The summed E-state index contributed by atoms with van der Waals surface area (Å²) in [4.78, 5) is 15.8. The average molecular weight is 202 g/mol. The van der Waals surface area contributed by atoms with Gasteiger partial charge >= 0.3 is 0 Å². The van der Waals surface area contributed by atoms with Crippen LogP contribution in [0.15, 0.2) is 30.6 Å². The van der Waals surface area contributed by atoms with Crippen LogP contribution in [0.4, 0.5) is 0 Å². The molecule has 0 aliphatic carbocycles. The number of aldehydes is 1. The molecule has 0 spiro atoms. The molecule has 4 heteroatoms. The van der Waals surface area contributed by atoms with E-state index in [1.807, 2.05) is 28.8 Å². The average Bonchev–Trinajstić information content (AvgIpc) is 2.76. The van der Waals surface area contributed by atoms with E-state index in [9.17, 15) is 4.79 Å². The number of carbonyl (C=O) groups is 1. The van der Waals surface area contributed by atoms with Crippen LogP contribution in [0.3, 0.4) is 0 Å². The normalized spacial score (nSPS) is 11.1. The van der Waals surface area contributed by atoms with E-state index >= 15 is 0 Å². The Morgan fingerprint density at radius 2 is 2.36 bits per heavy atom. The first-order chi connectivity index (χ1) is 6.88. The molecule has 0 N–H and O–H groups in total. The van der Waals surface area contributed by atoms with Gasteiger partial charge in [-0.15, -0.1) is 0 Å². The Morgan fingerprint density at radius 1 is 1.43 bits per heavy atom. The molecule has 1 aromatic carbocycles. The Bertz CT molecular complexity index is 623.